The number of rotatable bonds is 4. The lowest BCUT2D eigenvalue weighted by atomic mass is 10.2. The van der Waals surface area contributed by atoms with Gasteiger partial charge in [0.15, 0.2) is 11.6 Å². The molecule has 0 saturated carbocycles. The van der Waals surface area contributed by atoms with E-state index in [0.717, 1.165) is 24.7 Å². The first-order chi connectivity index (χ1) is 11.5. The van der Waals surface area contributed by atoms with Crippen LogP contribution in [0.4, 0.5) is 8.78 Å². The molecule has 24 heavy (non-hydrogen) atoms. The van der Waals surface area contributed by atoms with Crippen molar-refractivity contribution in [3.63, 3.8) is 0 Å². The van der Waals surface area contributed by atoms with E-state index in [4.69, 9.17) is 0 Å². The summed E-state index contributed by atoms with van der Waals surface area (Å²) in [5.74, 6) is -2.21. The molecule has 7 heteroatoms. The summed E-state index contributed by atoms with van der Waals surface area (Å²) in [4.78, 5) is 1.96. The second kappa shape index (κ2) is 6.96. The Bertz CT molecular complexity index is 805. The average molecular weight is 352 g/mol. The quantitative estimate of drug-likeness (QED) is 0.849. The van der Waals surface area contributed by atoms with Gasteiger partial charge >= 0.3 is 0 Å². The highest BCUT2D eigenvalue weighted by Crippen LogP contribution is 2.20. The summed E-state index contributed by atoms with van der Waals surface area (Å²) in [7, 11) is -3.80. The van der Waals surface area contributed by atoms with E-state index < -0.39 is 21.7 Å². The van der Waals surface area contributed by atoms with Gasteiger partial charge in [-0.05, 0) is 23.8 Å². The van der Waals surface area contributed by atoms with Crippen molar-refractivity contribution in [2.24, 2.45) is 0 Å². The van der Waals surface area contributed by atoms with Crippen LogP contribution < -0.4 is 0 Å². The van der Waals surface area contributed by atoms with Gasteiger partial charge in [0, 0.05) is 32.7 Å². The third-order valence-corrected chi connectivity index (χ3v) is 6.00. The molecular formula is C17H18F2N2O2S. The monoisotopic (exact) mass is 352 g/mol. The molecule has 1 heterocycles. The standard InChI is InChI=1S/C17H18F2N2O2S/c18-16-7-6-15(12-17(16)19)24(22,23)21-10-8-20(9-11-21)13-14-4-2-1-3-5-14/h1-7,12H,8-11,13H2. The minimum Gasteiger partial charge on any atom is -0.296 e. The smallest absolute Gasteiger partial charge is 0.243 e. The number of piperazine rings is 1. The Balaban J connectivity index is 1.66. The second-order valence-electron chi connectivity index (χ2n) is 5.74. The number of hydrogen-bond donors (Lipinski definition) is 0. The Morgan fingerprint density at radius 1 is 0.875 bits per heavy atom. The van der Waals surface area contributed by atoms with Crippen LogP contribution >= 0.6 is 0 Å². The first kappa shape index (κ1) is 17.0. The highest BCUT2D eigenvalue weighted by Gasteiger charge is 2.29. The summed E-state index contributed by atoms with van der Waals surface area (Å²) in [5.41, 5.74) is 1.18. The van der Waals surface area contributed by atoms with Gasteiger partial charge in [0.1, 0.15) is 0 Å². The predicted molar refractivity (Wildman–Crippen MR) is 86.8 cm³/mol. The van der Waals surface area contributed by atoms with Gasteiger partial charge in [-0.2, -0.15) is 4.31 Å². The number of halogens is 2. The third kappa shape index (κ3) is 3.63. The molecule has 3 rings (SSSR count). The Hall–Kier alpha value is -1.83. The van der Waals surface area contributed by atoms with Crippen LogP contribution in [0.3, 0.4) is 0 Å². The van der Waals surface area contributed by atoms with E-state index in [-0.39, 0.29) is 4.90 Å². The molecule has 4 nitrogen and oxygen atoms in total. The lowest BCUT2D eigenvalue weighted by Crippen LogP contribution is -2.48. The summed E-state index contributed by atoms with van der Waals surface area (Å²) in [6.45, 7) is 2.61. The van der Waals surface area contributed by atoms with Crippen molar-refractivity contribution in [2.45, 2.75) is 11.4 Å². The molecule has 0 aromatic heterocycles. The lowest BCUT2D eigenvalue weighted by molar-refractivity contribution is 0.181. The summed E-state index contributed by atoms with van der Waals surface area (Å²) >= 11 is 0. The minimum absolute atomic E-state index is 0.210. The van der Waals surface area contributed by atoms with Crippen LogP contribution in [0, 0.1) is 11.6 Å². The first-order valence-corrected chi connectivity index (χ1v) is 9.12. The van der Waals surface area contributed by atoms with E-state index in [0.29, 0.717) is 26.2 Å². The van der Waals surface area contributed by atoms with Gasteiger partial charge in [0.05, 0.1) is 4.90 Å². The van der Waals surface area contributed by atoms with Crippen molar-refractivity contribution in [2.75, 3.05) is 26.2 Å². The average Bonchev–Trinajstić information content (AvgIpc) is 2.58. The molecule has 128 valence electrons. The molecule has 0 radical (unpaired) electrons. The Morgan fingerprint density at radius 3 is 2.17 bits per heavy atom. The zero-order chi connectivity index (χ0) is 17.2. The summed E-state index contributed by atoms with van der Waals surface area (Å²) in [6.07, 6.45) is 0. The number of nitrogens with zero attached hydrogens (tertiary/aromatic N) is 2. The summed E-state index contributed by atoms with van der Waals surface area (Å²) in [5, 5.41) is 0. The van der Waals surface area contributed by atoms with Gasteiger partial charge < -0.3 is 0 Å². The van der Waals surface area contributed by atoms with Crippen molar-refractivity contribution >= 4 is 10.0 Å². The zero-order valence-electron chi connectivity index (χ0n) is 13.0. The molecule has 1 saturated heterocycles. The number of sulfonamides is 1. The predicted octanol–water partition coefficient (Wildman–Crippen LogP) is 2.47. The molecule has 1 fully saturated rings. The van der Waals surface area contributed by atoms with Crippen LogP contribution in [0.1, 0.15) is 5.56 Å². The highest BCUT2D eigenvalue weighted by molar-refractivity contribution is 7.89. The third-order valence-electron chi connectivity index (χ3n) is 4.11. The largest absolute Gasteiger partial charge is 0.296 e. The van der Waals surface area contributed by atoms with Crippen LogP contribution in [0.5, 0.6) is 0 Å². The fraction of sp³-hybridized carbons (Fsp3) is 0.294. The fourth-order valence-electron chi connectivity index (χ4n) is 2.76. The maximum atomic E-state index is 13.3. The van der Waals surface area contributed by atoms with Gasteiger partial charge in [0.25, 0.3) is 0 Å². The normalized spacial score (nSPS) is 17.1. The maximum Gasteiger partial charge on any atom is 0.243 e. The molecular weight excluding hydrogens is 334 g/mol. The highest BCUT2D eigenvalue weighted by atomic mass is 32.2. The van der Waals surface area contributed by atoms with Crippen LogP contribution in [0.25, 0.3) is 0 Å². The molecule has 1 aliphatic rings. The van der Waals surface area contributed by atoms with E-state index in [1.807, 2.05) is 30.3 Å². The van der Waals surface area contributed by atoms with E-state index in [1.54, 1.807) is 0 Å². The van der Waals surface area contributed by atoms with Crippen molar-refractivity contribution in [1.29, 1.82) is 0 Å². The van der Waals surface area contributed by atoms with E-state index in [9.17, 15) is 17.2 Å². The summed E-state index contributed by atoms with van der Waals surface area (Å²) < 4.78 is 52.7. The van der Waals surface area contributed by atoms with Gasteiger partial charge in [-0.25, -0.2) is 17.2 Å². The fourth-order valence-corrected chi connectivity index (χ4v) is 4.19. The maximum absolute atomic E-state index is 13.3. The molecule has 2 aromatic rings. The number of benzene rings is 2. The molecule has 0 spiro atoms. The molecule has 0 amide bonds. The summed E-state index contributed by atoms with van der Waals surface area (Å²) in [6, 6.07) is 12.6. The Labute approximate surface area is 140 Å². The zero-order valence-corrected chi connectivity index (χ0v) is 13.8. The topological polar surface area (TPSA) is 40.6 Å². The van der Waals surface area contributed by atoms with Crippen molar-refractivity contribution in [3.8, 4) is 0 Å². The molecule has 0 unspecified atom stereocenters. The van der Waals surface area contributed by atoms with Gasteiger partial charge in [-0.1, -0.05) is 30.3 Å². The molecule has 1 aliphatic heterocycles. The first-order valence-electron chi connectivity index (χ1n) is 7.68. The molecule has 0 atom stereocenters. The number of hydrogen-bond acceptors (Lipinski definition) is 3. The van der Waals surface area contributed by atoms with Crippen LogP contribution in [0.15, 0.2) is 53.4 Å². The second-order valence-corrected chi connectivity index (χ2v) is 7.68. The van der Waals surface area contributed by atoms with Gasteiger partial charge in [-0.3, -0.25) is 4.90 Å². The SMILES string of the molecule is O=S(=O)(c1ccc(F)c(F)c1)N1CCN(Cc2ccccc2)CC1. The van der Waals surface area contributed by atoms with Crippen molar-refractivity contribution in [3.05, 3.63) is 65.7 Å². The van der Waals surface area contributed by atoms with Crippen molar-refractivity contribution < 1.29 is 17.2 Å². The molecule has 0 bridgehead atoms. The minimum atomic E-state index is -3.80. The van der Waals surface area contributed by atoms with E-state index in [1.165, 1.54) is 9.87 Å². The van der Waals surface area contributed by atoms with Crippen LogP contribution in [-0.2, 0) is 16.6 Å². The van der Waals surface area contributed by atoms with Gasteiger partial charge in [0.2, 0.25) is 10.0 Å². The molecule has 0 aliphatic carbocycles. The van der Waals surface area contributed by atoms with Crippen LogP contribution in [-0.4, -0.2) is 43.8 Å². The van der Waals surface area contributed by atoms with Crippen molar-refractivity contribution in [1.82, 2.24) is 9.21 Å². The van der Waals surface area contributed by atoms with E-state index >= 15 is 0 Å². The van der Waals surface area contributed by atoms with Gasteiger partial charge in [-0.15, -0.1) is 0 Å². The Morgan fingerprint density at radius 2 is 1.54 bits per heavy atom. The lowest BCUT2D eigenvalue weighted by Gasteiger charge is -2.34. The Kier molecular flexibility index (Phi) is 4.93. The molecule has 0 N–H and O–H groups in total. The molecule has 2 aromatic carbocycles. The van der Waals surface area contributed by atoms with E-state index in [2.05, 4.69) is 4.90 Å². The van der Waals surface area contributed by atoms with Crippen LogP contribution in [0.2, 0.25) is 0 Å².